The van der Waals surface area contributed by atoms with Gasteiger partial charge in [-0.1, -0.05) is 12.1 Å². The summed E-state index contributed by atoms with van der Waals surface area (Å²) in [6, 6.07) is 6.15. The number of ether oxygens (including phenoxy) is 1. The maximum absolute atomic E-state index is 14.0. The van der Waals surface area contributed by atoms with E-state index in [0.717, 1.165) is 37.9 Å². The maximum Gasteiger partial charge on any atom is 0.345 e. The van der Waals surface area contributed by atoms with Gasteiger partial charge in [0.05, 0.1) is 18.7 Å². The molecule has 1 aromatic heterocycles. The highest BCUT2D eigenvalue weighted by molar-refractivity contribution is 5.94. The van der Waals surface area contributed by atoms with Crippen LogP contribution >= 0.6 is 0 Å². The minimum Gasteiger partial charge on any atom is -0.383 e. The average molecular weight is 402 g/mol. The first kappa shape index (κ1) is 19.8. The number of piperidine rings is 1. The number of hydrogen-bond donors (Lipinski definition) is 0. The van der Waals surface area contributed by atoms with Crippen molar-refractivity contribution in [1.82, 2.24) is 19.2 Å². The van der Waals surface area contributed by atoms with Crippen LogP contribution in [0.3, 0.4) is 0 Å². The van der Waals surface area contributed by atoms with Crippen molar-refractivity contribution < 1.29 is 13.9 Å². The van der Waals surface area contributed by atoms with Crippen LogP contribution in [0.2, 0.25) is 0 Å². The Kier molecular flexibility index (Phi) is 5.54. The van der Waals surface area contributed by atoms with Crippen LogP contribution in [0.25, 0.3) is 0 Å². The van der Waals surface area contributed by atoms with Crippen LogP contribution in [-0.4, -0.2) is 52.0 Å². The van der Waals surface area contributed by atoms with E-state index in [9.17, 15) is 14.0 Å². The summed E-state index contributed by atoms with van der Waals surface area (Å²) in [5, 5.41) is 4.50. The number of carbonyl (C=O) groups is 1. The fourth-order valence-corrected chi connectivity index (χ4v) is 4.56. The number of hydrogen-bond acceptors (Lipinski definition) is 4. The van der Waals surface area contributed by atoms with E-state index in [0.29, 0.717) is 32.8 Å². The first-order chi connectivity index (χ1) is 14.0. The van der Waals surface area contributed by atoms with Crippen molar-refractivity contribution in [3.8, 4) is 0 Å². The molecule has 2 aromatic rings. The molecule has 0 saturated carbocycles. The zero-order chi connectivity index (χ0) is 20.4. The van der Waals surface area contributed by atoms with E-state index < -0.39 is 5.82 Å². The predicted octanol–water partition coefficient (Wildman–Crippen LogP) is 2.09. The number of likely N-dealkylation sites (tertiary alicyclic amines) is 1. The fourth-order valence-electron chi connectivity index (χ4n) is 4.56. The van der Waals surface area contributed by atoms with E-state index in [1.807, 2.05) is 0 Å². The third-order valence-corrected chi connectivity index (χ3v) is 6.47. The summed E-state index contributed by atoms with van der Waals surface area (Å²) in [7, 11) is 1.61. The molecule has 0 atom stereocenters. The molecule has 0 N–H and O–H groups in total. The van der Waals surface area contributed by atoms with Crippen molar-refractivity contribution in [3.05, 3.63) is 52.0 Å². The molecule has 8 heteroatoms. The largest absolute Gasteiger partial charge is 0.383 e. The smallest absolute Gasteiger partial charge is 0.345 e. The zero-order valence-corrected chi connectivity index (χ0v) is 16.8. The van der Waals surface area contributed by atoms with Gasteiger partial charge in [0.2, 0.25) is 0 Å². The molecule has 1 amide bonds. The molecule has 3 heterocycles. The monoisotopic (exact) mass is 402 g/mol. The third-order valence-electron chi connectivity index (χ3n) is 6.47. The first-order valence-electron chi connectivity index (χ1n) is 10.2. The molecule has 0 bridgehead atoms. The third kappa shape index (κ3) is 3.85. The van der Waals surface area contributed by atoms with Gasteiger partial charge >= 0.3 is 5.69 Å². The van der Waals surface area contributed by atoms with Crippen LogP contribution in [0.15, 0.2) is 29.1 Å². The Bertz CT molecular complexity index is 944. The highest BCUT2D eigenvalue weighted by atomic mass is 19.1. The highest BCUT2D eigenvalue weighted by Gasteiger charge is 2.38. The van der Waals surface area contributed by atoms with E-state index >= 15 is 0 Å². The SMILES string of the molecule is COCCn1nc2n(c1=O)CCC1(CC2)CCN(C(=O)c2ccccc2F)CC1. The maximum atomic E-state index is 14.0. The zero-order valence-electron chi connectivity index (χ0n) is 16.8. The van der Waals surface area contributed by atoms with Crippen molar-refractivity contribution in [2.45, 2.75) is 45.2 Å². The van der Waals surface area contributed by atoms with Crippen LogP contribution in [0.4, 0.5) is 4.39 Å². The number of carbonyl (C=O) groups excluding carboxylic acids is 1. The van der Waals surface area contributed by atoms with Crippen molar-refractivity contribution in [1.29, 1.82) is 0 Å². The second-order valence-corrected chi connectivity index (χ2v) is 8.09. The van der Waals surface area contributed by atoms with Gasteiger partial charge in [-0.3, -0.25) is 9.36 Å². The Morgan fingerprint density at radius 3 is 2.62 bits per heavy atom. The van der Waals surface area contributed by atoms with E-state index in [1.165, 1.54) is 10.7 Å². The molecule has 1 saturated heterocycles. The molecule has 0 aliphatic carbocycles. The minimum atomic E-state index is -0.470. The molecule has 2 aliphatic heterocycles. The molecule has 1 aromatic carbocycles. The number of aromatic nitrogens is 3. The lowest BCUT2D eigenvalue weighted by atomic mass is 9.72. The van der Waals surface area contributed by atoms with E-state index in [4.69, 9.17) is 4.74 Å². The van der Waals surface area contributed by atoms with Crippen molar-refractivity contribution in [3.63, 3.8) is 0 Å². The van der Waals surface area contributed by atoms with Crippen LogP contribution < -0.4 is 5.69 Å². The van der Waals surface area contributed by atoms with Gasteiger partial charge in [0.1, 0.15) is 11.6 Å². The Morgan fingerprint density at radius 1 is 1.17 bits per heavy atom. The van der Waals surface area contributed by atoms with Gasteiger partial charge in [0.25, 0.3) is 5.91 Å². The summed E-state index contributed by atoms with van der Waals surface area (Å²) < 4.78 is 22.3. The Hall–Kier alpha value is -2.48. The molecule has 29 heavy (non-hydrogen) atoms. The number of benzene rings is 1. The number of nitrogens with zero attached hydrogens (tertiary/aromatic N) is 4. The average Bonchev–Trinajstić information content (AvgIpc) is 2.93. The summed E-state index contributed by atoms with van der Waals surface area (Å²) >= 11 is 0. The van der Waals surface area contributed by atoms with Gasteiger partial charge in [0, 0.05) is 33.2 Å². The molecular formula is C21H27FN4O3. The standard InChI is InChI=1S/C21H27FN4O3/c1-29-15-14-26-20(28)25-13-10-21(7-6-18(25)23-26)8-11-24(12-9-21)19(27)16-4-2-3-5-17(16)22/h2-5H,6-15H2,1H3. The summed E-state index contributed by atoms with van der Waals surface area (Å²) in [5.41, 5.74) is 0.179. The molecule has 0 radical (unpaired) electrons. The van der Waals surface area contributed by atoms with Crippen LogP contribution in [-0.2, 0) is 24.2 Å². The molecule has 2 aliphatic rings. The van der Waals surface area contributed by atoms with E-state index in [-0.39, 0.29) is 22.6 Å². The molecule has 1 spiro atoms. The summed E-state index contributed by atoms with van der Waals surface area (Å²) in [6.07, 6.45) is 4.36. The Labute approximate surface area is 169 Å². The molecular weight excluding hydrogens is 375 g/mol. The lowest BCUT2D eigenvalue weighted by Gasteiger charge is -2.41. The highest BCUT2D eigenvalue weighted by Crippen LogP contribution is 2.41. The fraction of sp³-hybridized carbons (Fsp3) is 0.571. The lowest BCUT2D eigenvalue weighted by Crippen LogP contribution is -2.43. The van der Waals surface area contributed by atoms with Crippen molar-refractivity contribution in [2.75, 3.05) is 26.8 Å². The Morgan fingerprint density at radius 2 is 1.90 bits per heavy atom. The quantitative estimate of drug-likeness (QED) is 0.785. The van der Waals surface area contributed by atoms with Gasteiger partial charge in [-0.2, -0.15) is 5.10 Å². The summed E-state index contributed by atoms with van der Waals surface area (Å²) in [6.45, 7) is 2.82. The van der Waals surface area contributed by atoms with Crippen LogP contribution in [0.5, 0.6) is 0 Å². The molecule has 1 fully saturated rings. The number of fused-ring (bicyclic) bond motifs is 1. The molecule has 7 nitrogen and oxygen atoms in total. The predicted molar refractivity (Wildman–Crippen MR) is 105 cm³/mol. The summed E-state index contributed by atoms with van der Waals surface area (Å²) in [5.74, 6) is 0.135. The number of rotatable bonds is 4. The lowest BCUT2D eigenvalue weighted by molar-refractivity contribution is 0.0531. The van der Waals surface area contributed by atoms with Crippen LogP contribution in [0.1, 0.15) is 41.9 Å². The Balaban J connectivity index is 1.41. The molecule has 4 rings (SSSR count). The van der Waals surface area contributed by atoms with Crippen molar-refractivity contribution in [2.24, 2.45) is 5.41 Å². The first-order valence-corrected chi connectivity index (χ1v) is 10.2. The van der Waals surface area contributed by atoms with E-state index in [2.05, 4.69) is 5.10 Å². The second-order valence-electron chi connectivity index (χ2n) is 8.09. The topological polar surface area (TPSA) is 69.4 Å². The number of halogens is 1. The number of aryl methyl sites for hydroxylation is 1. The minimum absolute atomic E-state index is 0.0683. The van der Waals surface area contributed by atoms with Gasteiger partial charge in [-0.25, -0.2) is 13.9 Å². The van der Waals surface area contributed by atoms with Gasteiger partial charge < -0.3 is 9.64 Å². The van der Waals surface area contributed by atoms with E-state index in [1.54, 1.807) is 34.8 Å². The van der Waals surface area contributed by atoms with Gasteiger partial charge in [-0.05, 0) is 43.2 Å². The molecule has 156 valence electrons. The van der Waals surface area contributed by atoms with Crippen molar-refractivity contribution >= 4 is 5.91 Å². The summed E-state index contributed by atoms with van der Waals surface area (Å²) in [4.78, 5) is 27.0. The normalized spacial score (nSPS) is 18.5. The molecule has 0 unspecified atom stereocenters. The van der Waals surface area contributed by atoms with Gasteiger partial charge in [-0.15, -0.1) is 0 Å². The second kappa shape index (κ2) is 8.10. The van der Waals surface area contributed by atoms with Gasteiger partial charge in [0.15, 0.2) is 0 Å². The number of amides is 1. The number of methoxy groups -OCH3 is 1. The van der Waals surface area contributed by atoms with Crippen LogP contribution in [0, 0.1) is 11.2 Å².